The number of nitrogens with two attached hydrogens (primary N) is 1. The van der Waals surface area contributed by atoms with E-state index in [0.717, 1.165) is 25.2 Å². The molecular formula is C14H21NO. The Hall–Kier alpha value is -1.02. The van der Waals surface area contributed by atoms with Crippen molar-refractivity contribution >= 4 is 0 Å². The molecule has 2 N–H and O–H groups in total. The summed E-state index contributed by atoms with van der Waals surface area (Å²) in [5.41, 5.74) is 8.94. The van der Waals surface area contributed by atoms with Crippen LogP contribution in [0.3, 0.4) is 0 Å². The lowest BCUT2D eigenvalue weighted by Crippen LogP contribution is -2.21. The van der Waals surface area contributed by atoms with Gasteiger partial charge in [-0.1, -0.05) is 32.9 Å². The molecule has 0 fully saturated rings. The molecule has 1 aliphatic heterocycles. The third-order valence-electron chi connectivity index (χ3n) is 2.89. The topological polar surface area (TPSA) is 35.2 Å². The van der Waals surface area contributed by atoms with E-state index in [-0.39, 0.29) is 6.04 Å². The largest absolute Gasteiger partial charge is 0.493 e. The third-order valence-corrected chi connectivity index (χ3v) is 2.89. The van der Waals surface area contributed by atoms with Crippen molar-refractivity contribution in [2.24, 2.45) is 11.1 Å². The normalized spacial score (nSPS) is 20.1. The maximum Gasteiger partial charge on any atom is 0.124 e. The summed E-state index contributed by atoms with van der Waals surface area (Å²) in [6, 6.07) is 6.57. The van der Waals surface area contributed by atoms with Gasteiger partial charge < -0.3 is 10.5 Å². The smallest absolute Gasteiger partial charge is 0.124 e. The lowest BCUT2D eigenvalue weighted by molar-refractivity contribution is 0.268. The Bertz CT molecular complexity index is 379. The zero-order valence-electron chi connectivity index (χ0n) is 10.4. The molecule has 1 aliphatic rings. The minimum Gasteiger partial charge on any atom is -0.493 e. The Morgan fingerprint density at radius 3 is 2.81 bits per heavy atom. The van der Waals surface area contributed by atoms with Crippen LogP contribution in [0.15, 0.2) is 18.2 Å². The number of benzene rings is 1. The highest BCUT2D eigenvalue weighted by molar-refractivity contribution is 5.40. The summed E-state index contributed by atoms with van der Waals surface area (Å²) >= 11 is 0. The molecule has 0 saturated carbocycles. The summed E-state index contributed by atoms with van der Waals surface area (Å²) in [5.74, 6) is 0.969. The van der Waals surface area contributed by atoms with Crippen molar-refractivity contribution in [3.8, 4) is 5.75 Å². The van der Waals surface area contributed by atoms with E-state index in [4.69, 9.17) is 10.5 Å². The van der Waals surface area contributed by atoms with Crippen LogP contribution in [0.25, 0.3) is 0 Å². The zero-order chi connectivity index (χ0) is 11.8. The molecule has 2 rings (SSSR count). The first kappa shape index (κ1) is 11.5. The Balaban J connectivity index is 2.27. The van der Waals surface area contributed by atoms with Gasteiger partial charge in [-0.05, 0) is 23.5 Å². The van der Waals surface area contributed by atoms with Gasteiger partial charge in [-0.25, -0.2) is 0 Å². The van der Waals surface area contributed by atoms with Crippen LogP contribution in [-0.4, -0.2) is 6.61 Å². The minimum absolute atomic E-state index is 0.142. The van der Waals surface area contributed by atoms with Crippen molar-refractivity contribution < 1.29 is 4.74 Å². The molecule has 1 atom stereocenters. The van der Waals surface area contributed by atoms with Crippen molar-refractivity contribution in [3.63, 3.8) is 0 Å². The fourth-order valence-electron chi connectivity index (χ4n) is 2.19. The molecule has 1 unspecified atom stereocenters. The second kappa shape index (κ2) is 4.10. The molecule has 2 nitrogen and oxygen atoms in total. The molecule has 16 heavy (non-hydrogen) atoms. The molecule has 0 saturated heterocycles. The molecule has 0 amide bonds. The van der Waals surface area contributed by atoms with E-state index in [1.807, 2.05) is 0 Å². The first-order valence-electron chi connectivity index (χ1n) is 5.97. The Morgan fingerprint density at radius 2 is 2.12 bits per heavy atom. The SMILES string of the molecule is CC(C)(C)Cc1ccc2c(c1)C(N)CCO2. The van der Waals surface area contributed by atoms with Gasteiger partial charge in [0.05, 0.1) is 6.61 Å². The summed E-state index contributed by atoms with van der Waals surface area (Å²) in [6.07, 6.45) is 2.00. The number of ether oxygens (including phenoxy) is 1. The predicted molar refractivity (Wildman–Crippen MR) is 66.6 cm³/mol. The maximum atomic E-state index is 6.10. The molecule has 2 heteroatoms. The minimum atomic E-state index is 0.142. The fraction of sp³-hybridized carbons (Fsp3) is 0.571. The quantitative estimate of drug-likeness (QED) is 0.788. The lowest BCUT2D eigenvalue weighted by Gasteiger charge is -2.25. The van der Waals surface area contributed by atoms with E-state index in [2.05, 4.69) is 39.0 Å². The molecule has 0 bridgehead atoms. The first-order chi connectivity index (χ1) is 7.46. The average Bonchev–Trinajstić information content (AvgIpc) is 2.17. The van der Waals surface area contributed by atoms with Crippen molar-refractivity contribution in [3.05, 3.63) is 29.3 Å². The third kappa shape index (κ3) is 2.56. The van der Waals surface area contributed by atoms with Crippen LogP contribution < -0.4 is 10.5 Å². The van der Waals surface area contributed by atoms with Gasteiger partial charge in [-0.3, -0.25) is 0 Å². The monoisotopic (exact) mass is 219 g/mol. The number of hydrogen-bond donors (Lipinski definition) is 1. The number of hydrogen-bond acceptors (Lipinski definition) is 2. The van der Waals surface area contributed by atoms with Crippen LogP contribution in [0, 0.1) is 5.41 Å². The van der Waals surface area contributed by atoms with Crippen LogP contribution in [0.4, 0.5) is 0 Å². The molecular weight excluding hydrogens is 198 g/mol. The van der Waals surface area contributed by atoms with Gasteiger partial charge >= 0.3 is 0 Å². The molecule has 0 radical (unpaired) electrons. The van der Waals surface area contributed by atoms with Gasteiger partial charge in [0.1, 0.15) is 5.75 Å². The second-order valence-corrected chi connectivity index (χ2v) is 5.85. The lowest BCUT2D eigenvalue weighted by atomic mass is 9.86. The highest BCUT2D eigenvalue weighted by Gasteiger charge is 2.19. The van der Waals surface area contributed by atoms with E-state index in [0.29, 0.717) is 5.41 Å². The molecule has 1 aromatic carbocycles. The molecule has 1 aromatic rings. The summed E-state index contributed by atoms with van der Waals surface area (Å²) in [5, 5.41) is 0. The van der Waals surface area contributed by atoms with Gasteiger partial charge in [0.15, 0.2) is 0 Å². The highest BCUT2D eigenvalue weighted by Crippen LogP contribution is 2.32. The predicted octanol–water partition coefficient (Wildman–Crippen LogP) is 3.06. The van der Waals surface area contributed by atoms with Gasteiger partial charge in [-0.2, -0.15) is 0 Å². The summed E-state index contributed by atoms with van der Waals surface area (Å²) < 4.78 is 5.60. The van der Waals surface area contributed by atoms with Crippen LogP contribution in [0.5, 0.6) is 5.75 Å². The molecule has 1 heterocycles. The second-order valence-electron chi connectivity index (χ2n) is 5.85. The van der Waals surface area contributed by atoms with E-state index in [1.54, 1.807) is 0 Å². The zero-order valence-corrected chi connectivity index (χ0v) is 10.4. The van der Waals surface area contributed by atoms with Crippen LogP contribution >= 0.6 is 0 Å². The molecule has 0 spiro atoms. The van der Waals surface area contributed by atoms with E-state index in [1.165, 1.54) is 11.1 Å². The van der Waals surface area contributed by atoms with E-state index < -0.39 is 0 Å². The van der Waals surface area contributed by atoms with Gasteiger partial charge in [0.25, 0.3) is 0 Å². The maximum absolute atomic E-state index is 6.10. The summed E-state index contributed by atoms with van der Waals surface area (Å²) in [4.78, 5) is 0. The molecule has 0 aliphatic carbocycles. The number of rotatable bonds is 1. The first-order valence-corrected chi connectivity index (χ1v) is 5.97. The van der Waals surface area contributed by atoms with E-state index >= 15 is 0 Å². The Kier molecular flexibility index (Phi) is 2.94. The molecule has 0 aromatic heterocycles. The van der Waals surface area contributed by atoms with Crippen molar-refractivity contribution in [1.82, 2.24) is 0 Å². The van der Waals surface area contributed by atoms with Crippen molar-refractivity contribution in [2.45, 2.75) is 39.7 Å². The van der Waals surface area contributed by atoms with Crippen LogP contribution in [-0.2, 0) is 6.42 Å². The van der Waals surface area contributed by atoms with E-state index in [9.17, 15) is 0 Å². The number of fused-ring (bicyclic) bond motifs is 1. The van der Waals surface area contributed by atoms with Crippen LogP contribution in [0.2, 0.25) is 0 Å². The summed E-state index contributed by atoms with van der Waals surface area (Å²) in [7, 11) is 0. The van der Waals surface area contributed by atoms with Gasteiger partial charge in [0.2, 0.25) is 0 Å². The summed E-state index contributed by atoms with van der Waals surface area (Å²) in [6.45, 7) is 7.50. The standard InChI is InChI=1S/C14H21NO/c1-14(2,3)9-10-4-5-13-11(8-10)12(15)6-7-16-13/h4-5,8,12H,6-7,9,15H2,1-3H3. The molecule has 88 valence electrons. The van der Waals surface area contributed by atoms with Gasteiger partial charge in [-0.15, -0.1) is 0 Å². The van der Waals surface area contributed by atoms with Crippen molar-refractivity contribution in [2.75, 3.05) is 6.61 Å². The van der Waals surface area contributed by atoms with Crippen molar-refractivity contribution in [1.29, 1.82) is 0 Å². The Morgan fingerprint density at radius 1 is 1.38 bits per heavy atom. The van der Waals surface area contributed by atoms with Gasteiger partial charge in [0, 0.05) is 18.0 Å². The average molecular weight is 219 g/mol. The Labute approximate surface area is 97.8 Å². The van der Waals surface area contributed by atoms with Crippen LogP contribution in [0.1, 0.15) is 44.4 Å². The fourth-order valence-corrected chi connectivity index (χ4v) is 2.19. The highest BCUT2D eigenvalue weighted by atomic mass is 16.5.